The number of rotatable bonds is 2. The lowest BCUT2D eigenvalue weighted by Crippen LogP contribution is -2.45. The first kappa shape index (κ1) is 15.3. The number of hydrogen-bond acceptors (Lipinski definition) is 6. The molecule has 1 fully saturated rings. The largest absolute Gasteiger partial charge is 0.399 e. The van der Waals surface area contributed by atoms with Gasteiger partial charge < -0.3 is 15.4 Å². The van der Waals surface area contributed by atoms with Crippen molar-refractivity contribution in [3.05, 3.63) is 23.8 Å². The van der Waals surface area contributed by atoms with Crippen molar-refractivity contribution in [2.45, 2.75) is 11.0 Å². The molecular formula is C13H15N3O4S. The fourth-order valence-corrected chi connectivity index (χ4v) is 2.75. The van der Waals surface area contributed by atoms with Crippen molar-refractivity contribution >= 4 is 21.4 Å². The maximum Gasteiger partial charge on any atom is 0.254 e. The van der Waals surface area contributed by atoms with Crippen molar-refractivity contribution in [2.75, 3.05) is 31.7 Å². The van der Waals surface area contributed by atoms with Crippen molar-refractivity contribution in [3.63, 3.8) is 0 Å². The third-order valence-corrected chi connectivity index (χ3v) is 4.19. The SMILES string of the molecule is CS(=O)(=O)c1cc(N)cc(C(=O)N2CCOC(C#N)C2)c1. The molecule has 0 radical (unpaired) electrons. The number of nitriles is 1. The van der Waals surface area contributed by atoms with Crippen molar-refractivity contribution in [3.8, 4) is 6.07 Å². The van der Waals surface area contributed by atoms with Gasteiger partial charge in [0.25, 0.3) is 5.91 Å². The van der Waals surface area contributed by atoms with Crippen LogP contribution in [0.3, 0.4) is 0 Å². The summed E-state index contributed by atoms with van der Waals surface area (Å²) in [6.07, 6.45) is 0.384. The highest BCUT2D eigenvalue weighted by atomic mass is 32.2. The molecule has 7 nitrogen and oxygen atoms in total. The zero-order chi connectivity index (χ0) is 15.6. The van der Waals surface area contributed by atoms with E-state index in [-0.39, 0.29) is 35.2 Å². The molecule has 2 rings (SSSR count). The van der Waals surface area contributed by atoms with Gasteiger partial charge in [0.2, 0.25) is 0 Å². The molecule has 112 valence electrons. The average molecular weight is 309 g/mol. The molecule has 1 aliphatic rings. The van der Waals surface area contributed by atoms with E-state index in [0.717, 1.165) is 6.26 Å². The summed E-state index contributed by atoms with van der Waals surface area (Å²) in [4.78, 5) is 13.9. The zero-order valence-corrected chi connectivity index (χ0v) is 12.3. The number of carbonyl (C=O) groups is 1. The summed E-state index contributed by atoms with van der Waals surface area (Å²) in [7, 11) is -3.46. The van der Waals surface area contributed by atoms with Gasteiger partial charge in [-0.1, -0.05) is 0 Å². The number of anilines is 1. The molecule has 1 amide bonds. The van der Waals surface area contributed by atoms with Crippen LogP contribution in [0.15, 0.2) is 23.1 Å². The first-order valence-electron chi connectivity index (χ1n) is 6.22. The fourth-order valence-electron chi connectivity index (χ4n) is 2.05. The van der Waals surface area contributed by atoms with Crippen LogP contribution in [0.4, 0.5) is 5.69 Å². The number of nitrogen functional groups attached to an aromatic ring is 1. The van der Waals surface area contributed by atoms with E-state index in [0.29, 0.717) is 6.54 Å². The van der Waals surface area contributed by atoms with Gasteiger partial charge in [0.15, 0.2) is 15.9 Å². The Kier molecular flexibility index (Phi) is 4.16. The highest BCUT2D eigenvalue weighted by molar-refractivity contribution is 7.90. The number of sulfone groups is 1. The molecule has 1 aromatic carbocycles. The molecule has 0 aliphatic carbocycles. The van der Waals surface area contributed by atoms with Gasteiger partial charge in [0, 0.05) is 24.1 Å². The van der Waals surface area contributed by atoms with E-state index < -0.39 is 15.9 Å². The number of hydrogen-bond donors (Lipinski definition) is 1. The molecule has 0 bridgehead atoms. The van der Waals surface area contributed by atoms with E-state index in [9.17, 15) is 13.2 Å². The highest BCUT2D eigenvalue weighted by Gasteiger charge is 2.25. The minimum Gasteiger partial charge on any atom is -0.399 e. The van der Waals surface area contributed by atoms with Gasteiger partial charge >= 0.3 is 0 Å². The Morgan fingerprint density at radius 3 is 2.81 bits per heavy atom. The van der Waals surface area contributed by atoms with Crippen LogP contribution in [-0.2, 0) is 14.6 Å². The molecule has 1 atom stereocenters. The monoisotopic (exact) mass is 309 g/mol. The minimum absolute atomic E-state index is 0.00376. The number of nitrogens with two attached hydrogens (primary N) is 1. The minimum atomic E-state index is -3.46. The second-order valence-corrected chi connectivity index (χ2v) is 6.82. The van der Waals surface area contributed by atoms with E-state index in [2.05, 4.69) is 0 Å². The highest BCUT2D eigenvalue weighted by Crippen LogP contribution is 2.19. The molecule has 21 heavy (non-hydrogen) atoms. The number of ether oxygens (including phenoxy) is 1. The summed E-state index contributed by atoms with van der Waals surface area (Å²) in [5, 5.41) is 8.84. The lowest BCUT2D eigenvalue weighted by atomic mass is 10.1. The Morgan fingerprint density at radius 1 is 1.48 bits per heavy atom. The van der Waals surface area contributed by atoms with Gasteiger partial charge in [-0.25, -0.2) is 8.42 Å². The van der Waals surface area contributed by atoms with Crippen LogP contribution < -0.4 is 5.73 Å². The van der Waals surface area contributed by atoms with Crippen molar-refractivity contribution in [1.29, 1.82) is 5.26 Å². The first-order chi connectivity index (χ1) is 9.81. The van der Waals surface area contributed by atoms with E-state index in [1.165, 1.54) is 23.1 Å². The summed E-state index contributed by atoms with van der Waals surface area (Å²) in [5.74, 6) is -0.365. The van der Waals surface area contributed by atoms with Crippen LogP contribution in [0.1, 0.15) is 10.4 Å². The number of nitrogens with zero attached hydrogens (tertiary/aromatic N) is 2. The van der Waals surface area contributed by atoms with Crippen LogP contribution in [0, 0.1) is 11.3 Å². The smallest absolute Gasteiger partial charge is 0.254 e. The Bertz CT molecular complexity index is 709. The molecule has 0 spiro atoms. The van der Waals surface area contributed by atoms with E-state index in [1.54, 1.807) is 0 Å². The molecule has 1 unspecified atom stereocenters. The van der Waals surface area contributed by atoms with E-state index in [1.807, 2.05) is 6.07 Å². The Balaban J connectivity index is 2.31. The van der Waals surface area contributed by atoms with E-state index in [4.69, 9.17) is 15.7 Å². The van der Waals surface area contributed by atoms with E-state index >= 15 is 0 Å². The summed E-state index contributed by atoms with van der Waals surface area (Å²) in [6.45, 7) is 0.767. The Hall–Kier alpha value is -2.11. The zero-order valence-electron chi connectivity index (χ0n) is 11.4. The van der Waals surface area contributed by atoms with Gasteiger partial charge in [-0.05, 0) is 18.2 Å². The van der Waals surface area contributed by atoms with Gasteiger partial charge in [0.1, 0.15) is 0 Å². The lowest BCUT2D eigenvalue weighted by molar-refractivity contribution is 0.00346. The number of benzene rings is 1. The first-order valence-corrected chi connectivity index (χ1v) is 8.11. The second kappa shape index (κ2) is 5.71. The maximum atomic E-state index is 12.4. The van der Waals surface area contributed by atoms with Gasteiger partial charge in [-0.15, -0.1) is 0 Å². The van der Waals surface area contributed by atoms with Crippen LogP contribution in [0.25, 0.3) is 0 Å². The molecule has 8 heteroatoms. The topological polar surface area (TPSA) is 113 Å². The standard InChI is InChI=1S/C13H15N3O4S/c1-21(18,19)12-5-9(4-10(15)6-12)13(17)16-2-3-20-11(7-14)8-16/h4-6,11H,2-3,8,15H2,1H3. The Morgan fingerprint density at radius 2 is 2.19 bits per heavy atom. The molecule has 1 heterocycles. The predicted octanol–water partition coefficient (Wildman–Crippen LogP) is 0.0369. The molecule has 1 saturated heterocycles. The third kappa shape index (κ3) is 3.51. The summed E-state index contributed by atoms with van der Waals surface area (Å²) < 4.78 is 28.4. The molecule has 0 aromatic heterocycles. The molecule has 0 saturated carbocycles. The second-order valence-electron chi connectivity index (χ2n) is 4.80. The number of amides is 1. The number of carbonyl (C=O) groups excluding carboxylic acids is 1. The number of morpholine rings is 1. The van der Waals surface area contributed by atoms with Gasteiger partial charge in [0.05, 0.1) is 24.1 Å². The summed E-state index contributed by atoms with van der Waals surface area (Å²) in [6, 6.07) is 5.98. The molecule has 2 N–H and O–H groups in total. The molecular weight excluding hydrogens is 294 g/mol. The van der Waals surface area contributed by atoms with Gasteiger partial charge in [-0.2, -0.15) is 5.26 Å². The fraction of sp³-hybridized carbons (Fsp3) is 0.385. The quantitative estimate of drug-likeness (QED) is 0.771. The lowest BCUT2D eigenvalue weighted by Gasteiger charge is -2.30. The van der Waals surface area contributed by atoms with Gasteiger partial charge in [-0.3, -0.25) is 4.79 Å². The van der Waals surface area contributed by atoms with Crippen LogP contribution in [0.5, 0.6) is 0 Å². The summed E-state index contributed by atoms with van der Waals surface area (Å²) >= 11 is 0. The molecule has 1 aromatic rings. The Labute approximate surface area is 122 Å². The predicted molar refractivity (Wildman–Crippen MR) is 75.2 cm³/mol. The third-order valence-electron chi connectivity index (χ3n) is 3.10. The normalized spacial score (nSPS) is 19.0. The van der Waals surface area contributed by atoms with Crippen LogP contribution in [0.2, 0.25) is 0 Å². The van der Waals surface area contributed by atoms with Crippen molar-refractivity contribution < 1.29 is 17.9 Å². The van der Waals surface area contributed by atoms with Crippen molar-refractivity contribution in [1.82, 2.24) is 4.90 Å². The summed E-state index contributed by atoms with van der Waals surface area (Å²) in [5.41, 5.74) is 6.05. The van der Waals surface area contributed by atoms with Crippen LogP contribution >= 0.6 is 0 Å². The molecule has 1 aliphatic heterocycles. The van der Waals surface area contributed by atoms with Crippen molar-refractivity contribution in [2.24, 2.45) is 0 Å². The maximum absolute atomic E-state index is 12.4. The average Bonchev–Trinajstić information content (AvgIpc) is 2.45. The van der Waals surface area contributed by atoms with Crippen LogP contribution in [-0.4, -0.2) is 51.3 Å².